The van der Waals surface area contributed by atoms with Gasteiger partial charge < -0.3 is 15.1 Å². The lowest BCUT2D eigenvalue weighted by Gasteiger charge is -2.37. The predicted octanol–water partition coefficient (Wildman–Crippen LogP) is 4.79. The zero-order chi connectivity index (χ0) is 18.6. The molecule has 1 aliphatic carbocycles. The lowest BCUT2D eigenvalue weighted by molar-refractivity contribution is 0.355. The number of aromatic nitrogens is 1. The first-order valence-corrected chi connectivity index (χ1v) is 11.4. The highest BCUT2D eigenvalue weighted by molar-refractivity contribution is 7.80. The third-order valence-corrected chi connectivity index (χ3v) is 6.93. The van der Waals surface area contributed by atoms with Crippen LogP contribution in [0.15, 0.2) is 29.6 Å². The van der Waals surface area contributed by atoms with Gasteiger partial charge in [0.15, 0.2) is 10.2 Å². The van der Waals surface area contributed by atoms with Crippen molar-refractivity contribution in [1.29, 1.82) is 0 Å². The highest BCUT2D eigenvalue weighted by Crippen LogP contribution is 2.29. The van der Waals surface area contributed by atoms with E-state index in [0.717, 1.165) is 52.7 Å². The highest BCUT2D eigenvalue weighted by Gasteiger charge is 2.23. The fraction of sp³-hybridized carbons (Fsp3) is 0.500. The van der Waals surface area contributed by atoms with E-state index in [-0.39, 0.29) is 0 Å². The summed E-state index contributed by atoms with van der Waals surface area (Å²) >= 11 is 13.3. The van der Waals surface area contributed by atoms with Crippen molar-refractivity contribution >= 4 is 45.4 Å². The molecular formula is C20H25ClN4S2. The van der Waals surface area contributed by atoms with Gasteiger partial charge in [-0.25, -0.2) is 4.98 Å². The molecule has 0 radical (unpaired) electrons. The van der Waals surface area contributed by atoms with Crippen LogP contribution in [0.5, 0.6) is 0 Å². The normalized spacial score (nSPS) is 18.6. The van der Waals surface area contributed by atoms with Gasteiger partial charge >= 0.3 is 0 Å². The maximum absolute atomic E-state index is 5.98. The fourth-order valence-electron chi connectivity index (χ4n) is 3.78. The summed E-state index contributed by atoms with van der Waals surface area (Å²) in [5, 5.41) is 8.49. The van der Waals surface area contributed by atoms with Crippen molar-refractivity contribution in [3.8, 4) is 11.3 Å². The Morgan fingerprint density at radius 3 is 2.48 bits per heavy atom. The molecule has 1 saturated heterocycles. The van der Waals surface area contributed by atoms with Crippen LogP contribution in [-0.4, -0.2) is 47.2 Å². The minimum absolute atomic E-state index is 0.574. The van der Waals surface area contributed by atoms with E-state index in [4.69, 9.17) is 28.8 Å². The first kappa shape index (κ1) is 19.0. The predicted molar refractivity (Wildman–Crippen MR) is 119 cm³/mol. The molecule has 144 valence electrons. The van der Waals surface area contributed by atoms with Crippen molar-refractivity contribution in [2.45, 2.75) is 38.1 Å². The second kappa shape index (κ2) is 8.76. The number of thiocarbonyl (C=S) groups is 1. The van der Waals surface area contributed by atoms with Gasteiger partial charge in [0.25, 0.3) is 0 Å². The van der Waals surface area contributed by atoms with Gasteiger partial charge in [-0.05, 0) is 37.2 Å². The summed E-state index contributed by atoms with van der Waals surface area (Å²) in [6.07, 6.45) is 6.54. The largest absolute Gasteiger partial charge is 0.360 e. The SMILES string of the molecule is S=C(NC1CCCCC1)N1CCN(c2nc(-c3ccc(Cl)cc3)cs2)CC1. The molecule has 0 bridgehead atoms. The zero-order valence-electron chi connectivity index (χ0n) is 15.4. The first-order valence-electron chi connectivity index (χ1n) is 9.71. The third-order valence-electron chi connectivity index (χ3n) is 5.40. The molecule has 0 atom stereocenters. The summed E-state index contributed by atoms with van der Waals surface area (Å²) < 4.78 is 0. The van der Waals surface area contributed by atoms with E-state index in [1.165, 1.54) is 32.1 Å². The molecule has 1 aromatic heterocycles. The van der Waals surface area contributed by atoms with Crippen molar-refractivity contribution in [3.05, 3.63) is 34.7 Å². The molecule has 4 rings (SSSR count). The molecule has 0 unspecified atom stereocenters. The molecule has 4 nitrogen and oxygen atoms in total. The Morgan fingerprint density at radius 2 is 1.78 bits per heavy atom. The molecule has 2 aliphatic rings. The minimum Gasteiger partial charge on any atom is -0.360 e. The molecular weight excluding hydrogens is 396 g/mol. The Labute approximate surface area is 175 Å². The number of anilines is 1. The summed E-state index contributed by atoms with van der Waals surface area (Å²) in [5.41, 5.74) is 2.13. The molecule has 1 aliphatic heterocycles. The maximum atomic E-state index is 5.98. The van der Waals surface area contributed by atoms with Crippen molar-refractivity contribution in [2.75, 3.05) is 31.1 Å². The van der Waals surface area contributed by atoms with Crippen LogP contribution in [0.25, 0.3) is 11.3 Å². The number of nitrogens with one attached hydrogen (secondary N) is 1. The van der Waals surface area contributed by atoms with Crippen LogP contribution in [0.1, 0.15) is 32.1 Å². The van der Waals surface area contributed by atoms with Gasteiger partial charge in [0.05, 0.1) is 5.69 Å². The number of thiazole rings is 1. The van der Waals surface area contributed by atoms with E-state index in [1.54, 1.807) is 11.3 Å². The molecule has 27 heavy (non-hydrogen) atoms. The average Bonchev–Trinajstić information content (AvgIpc) is 3.20. The second-order valence-corrected chi connectivity index (χ2v) is 8.94. The molecule has 1 aromatic carbocycles. The number of piperazine rings is 1. The Balaban J connectivity index is 1.31. The number of hydrogen-bond acceptors (Lipinski definition) is 4. The minimum atomic E-state index is 0.574. The summed E-state index contributed by atoms with van der Waals surface area (Å²) in [5.74, 6) is 0. The summed E-state index contributed by atoms with van der Waals surface area (Å²) in [6, 6.07) is 8.44. The van der Waals surface area contributed by atoms with E-state index in [0.29, 0.717) is 6.04 Å². The Hall–Kier alpha value is -1.37. The average molecular weight is 421 g/mol. The molecule has 1 N–H and O–H groups in total. The van der Waals surface area contributed by atoms with Crippen LogP contribution in [0, 0.1) is 0 Å². The number of benzene rings is 1. The van der Waals surface area contributed by atoms with Gasteiger partial charge in [0.1, 0.15) is 0 Å². The number of hydrogen-bond donors (Lipinski definition) is 1. The Kier molecular flexibility index (Phi) is 6.15. The number of rotatable bonds is 3. The highest BCUT2D eigenvalue weighted by atomic mass is 35.5. The monoisotopic (exact) mass is 420 g/mol. The molecule has 1 saturated carbocycles. The van der Waals surface area contributed by atoms with Crippen LogP contribution in [-0.2, 0) is 0 Å². The van der Waals surface area contributed by atoms with Crippen LogP contribution in [0.4, 0.5) is 5.13 Å². The van der Waals surface area contributed by atoms with Crippen LogP contribution < -0.4 is 10.2 Å². The lowest BCUT2D eigenvalue weighted by Crippen LogP contribution is -2.53. The van der Waals surface area contributed by atoms with E-state index in [1.807, 2.05) is 24.3 Å². The lowest BCUT2D eigenvalue weighted by atomic mass is 9.96. The van der Waals surface area contributed by atoms with Gasteiger partial charge in [-0.15, -0.1) is 11.3 Å². The Morgan fingerprint density at radius 1 is 1.07 bits per heavy atom. The fourth-order valence-corrected chi connectivity index (χ4v) is 5.14. The van der Waals surface area contributed by atoms with E-state index < -0.39 is 0 Å². The molecule has 2 heterocycles. The molecule has 7 heteroatoms. The zero-order valence-corrected chi connectivity index (χ0v) is 17.8. The topological polar surface area (TPSA) is 31.4 Å². The maximum Gasteiger partial charge on any atom is 0.185 e. The summed E-state index contributed by atoms with van der Waals surface area (Å²) in [7, 11) is 0. The molecule has 0 spiro atoms. The number of nitrogens with zero attached hydrogens (tertiary/aromatic N) is 3. The van der Waals surface area contributed by atoms with Crippen molar-refractivity contribution in [1.82, 2.24) is 15.2 Å². The van der Waals surface area contributed by atoms with Crippen molar-refractivity contribution < 1.29 is 0 Å². The van der Waals surface area contributed by atoms with Crippen LogP contribution >= 0.6 is 35.2 Å². The third kappa shape index (κ3) is 4.73. The van der Waals surface area contributed by atoms with Gasteiger partial charge in [-0.1, -0.05) is 43.0 Å². The molecule has 0 amide bonds. The van der Waals surface area contributed by atoms with Crippen molar-refractivity contribution in [3.63, 3.8) is 0 Å². The smallest absolute Gasteiger partial charge is 0.185 e. The first-order chi connectivity index (χ1) is 13.2. The van der Waals surface area contributed by atoms with Crippen LogP contribution in [0.2, 0.25) is 5.02 Å². The summed E-state index contributed by atoms with van der Waals surface area (Å²) in [4.78, 5) is 9.51. The molecule has 2 fully saturated rings. The summed E-state index contributed by atoms with van der Waals surface area (Å²) in [6.45, 7) is 3.82. The Bertz CT molecular complexity index is 763. The quantitative estimate of drug-likeness (QED) is 0.721. The van der Waals surface area contributed by atoms with E-state index in [2.05, 4.69) is 20.5 Å². The van der Waals surface area contributed by atoms with Crippen molar-refractivity contribution in [2.24, 2.45) is 0 Å². The number of halogens is 1. The van der Waals surface area contributed by atoms with E-state index >= 15 is 0 Å². The second-order valence-electron chi connectivity index (χ2n) is 7.28. The molecule has 2 aromatic rings. The standard InChI is InChI=1S/C20H25ClN4S2/c21-16-8-6-15(7-9-16)18-14-27-20(23-18)25-12-10-24(11-13-25)19(26)22-17-4-2-1-3-5-17/h6-9,14,17H,1-5,10-13H2,(H,22,26). The van der Waals surface area contributed by atoms with E-state index in [9.17, 15) is 0 Å². The van der Waals surface area contributed by atoms with Gasteiger partial charge in [0, 0.05) is 48.2 Å². The van der Waals surface area contributed by atoms with Gasteiger partial charge in [-0.3, -0.25) is 0 Å². The van der Waals surface area contributed by atoms with Gasteiger partial charge in [-0.2, -0.15) is 0 Å². The van der Waals surface area contributed by atoms with Crippen LogP contribution in [0.3, 0.4) is 0 Å². The van der Waals surface area contributed by atoms with Gasteiger partial charge in [0.2, 0.25) is 0 Å².